The zero-order valence-electron chi connectivity index (χ0n) is 19.7. The van der Waals surface area contributed by atoms with Crippen molar-refractivity contribution >= 4 is 33.8 Å². The lowest BCUT2D eigenvalue weighted by Crippen LogP contribution is -2.55. The van der Waals surface area contributed by atoms with Crippen LogP contribution in [0.3, 0.4) is 0 Å². The largest absolute Gasteiger partial charge is 0.349 e. The molecular weight excluding hydrogens is 508 g/mol. The number of amides is 4. The molecule has 184 valence electrons. The van der Waals surface area contributed by atoms with Crippen LogP contribution in [0.1, 0.15) is 49.3 Å². The fraction of sp³-hybridized carbons (Fsp3) is 0.444. The Balaban J connectivity index is 1.17. The molecule has 1 saturated carbocycles. The number of imide groups is 1. The predicted octanol–water partition coefficient (Wildman–Crippen LogP) is 3.99. The molecule has 3 aliphatic rings. The number of hydrogen-bond acceptors (Lipinski definition) is 4. The number of piperidine rings is 1. The number of halogens is 1. The van der Waals surface area contributed by atoms with Gasteiger partial charge in [0.05, 0.1) is 12.6 Å². The van der Waals surface area contributed by atoms with Crippen molar-refractivity contribution < 1.29 is 14.4 Å². The van der Waals surface area contributed by atoms with Crippen molar-refractivity contribution in [2.45, 2.75) is 50.2 Å². The second-order valence-corrected chi connectivity index (χ2v) is 10.8. The van der Waals surface area contributed by atoms with Gasteiger partial charge < -0.3 is 15.5 Å². The van der Waals surface area contributed by atoms with Gasteiger partial charge in [0.1, 0.15) is 5.54 Å². The van der Waals surface area contributed by atoms with E-state index in [1.54, 1.807) is 0 Å². The molecule has 1 atom stereocenters. The highest BCUT2D eigenvalue weighted by Crippen LogP contribution is 2.32. The van der Waals surface area contributed by atoms with Crippen LogP contribution in [0.25, 0.3) is 0 Å². The standard InChI is InChI=1S/C27H31BrN4O3/c28-22-10-6-19(7-11-22)18-32-25(34)27(30-26(32)35)13-16-31(17-14-27)15-12-23(20-4-2-1-3-5-20)29-24(33)21-8-9-21/h1-7,10-11,21,23H,8-9,12-18H2,(H,29,33)(H,30,35)/t23-/m0/s1. The minimum absolute atomic E-state index is 0.0191. The Bertz CT molecular complexity index is 1080. The van der Waals surface area contributed by atoms with Gasteiger partial charge in [-0.2, -0.15) is 0 Å². The number of benzene rings is 2. The number of hydrogen-bond donors (Lipinski definition) is 2. The van der Waals surface area contributed by atoms with Crippen molar-refractivity contribution in [2.75, 3.05) is 19.6 Å². The maximum atomic E-state index is 13.3. The molecule has 0 bridgehead atoms. The van der Waals surface area contributed by atoms with Gasteiger partial charge in [-0.1, -0.05) is 58.4 Å². The number of urea groups is 1. The van der Waals surface area contributed by atoms with Gasteiger partial charge in [0, 0.05) is 30.0 Å². The van der Waals surface area contributed by atoms with Crippen LogP contribution in [-0.2, 0) is 16.1 Å². The van der Waals surface area contributed by atoms with Crippen LogP contribution < -0.4 is 10.6 Å². The molecule has 2 aliphatic heterocycles. The van der Waals surface area contributed by atoms with E-state index in [1.165, 1.54) is 4.90 Å². The summed E-state index contributed by atoms with van der Waals surface area (Å²) in [6.45, 7) is 2.57. The van der Waals surface area contributed by atoms with Crippen LogP contribution in [0, 0.1) is 5.92 Å². The maximum absolute atomic E-state index is 13.3. The molecule has 3 fully saturated rings. The molecule has 7 nitrogen and oxygen atoms in total. The third kappa shape index (κ3) is 5.43. The average molecular weight is 539 g/mol. The predicted molar refractivity (Wildman–Crippen MR) is 136 cm³/mol. The van der Waals surface area contributed by atoms with E-state index in [9.17, 15) is 14.4 Å². The molecular formula is C27H31BrN4O3. The molecule has 35 heavy (non-hydrogen) atoms. The molecule has 2 heterocycles. The van der Waals surface area contributed by atoms with Gasteiger partial charge in [-0.3, -0.25) is 14.5 Å². The van der Waals surface area contributed by atoms with Crippen molar-refractivity contribution in [2.24, 2.45) is 5.92 Å². The molecule has 4 amide bonds. The van der Waals surface area contributed by atoms with E-state index >= 15 is 0 Å². The smallest absolute Gasteiger partial charge is 0.325 e. The van der Waals surface area contributed by atoms with Gasteiger partial charge in [0.15, 0.2) is 0 Å². The summed E-state index contributed by atoms with van der Waals surface area (Å²) in [6.07, 6.45) is 3.98. The summed E-state index contributed by atoms with van der Waals surface area (Å²) in [5, 5.41) is 6.24. The van der Waals surface area contributed by atoms with E-state index in [0.717, 1.165) is 54.5 Å². The van der Waals surface area contributed by atoms with E-state index in [1.807, 2.05) is 42.5 Å². The van der Waals surface area contributed by atoms with Crippen LogP contribution in [0.2, 0.25) is 0 Å². The molecule has 2 saturated heterocycles. The normalized spacial score (nSPS) is 20.7. The molecule has 2 aromatic carbocycles. The summed E-state index contributed by atoms with van der Waals surface area (Å²) >= 11 is 3.42. The van der Waals surface area contributed by atoms with Crippen molar-refractivity contribution in [3.63, 3.8) is 0 Å². The second kappa shape index (κ2) is 10.1. The zero-order chi connectivity index (χ0) is 24.4. The van der Waals surface area contributed by atoms with Crippen molar-refractivity contribution in [1.82, 2.24) is 20.4 Å². The van der Waals surface area contributed by atoms with Crippen molar-refractivity contribution in [1.29, 1.82) is 0 Å². The number of carbonyl (C=O) groups excluding carboxylic acids is 3. The first kappa shape index (κ1) is 24.0. The van der Waals surface area contributed by atoms with E-state index in [0.29, 0.717) is 12.8 Å². The van der Waals surface area contributed by atoms with Gasteiger partial charge in [0.25, 0.3) is 5.91 Å². The monoisotopic (exact) mass is 538 g/mol. The fourth-order valence-electron chi connectivity index (χ4n) is 5.04. The summed E-state index contributed by atoms with van der Waals surface area (Å²) in [5.41, 5.74) is 1.24. The number of rotatable bonds is 8. The second-order valence-electron chi connectivity index (χ2n) is 9.91. The Hall–Kier alpha value is -2.71. The minimum atomic E-state index is -0.804. The van der Waals surface area contributed by atoms with Crippen molar-refractivity contribution in [3.8, 4) is 0 Å². The molecule has 0 radical (unpaired) electrons. The Labute approximate surface area is 214 Å². The minimum Gasteiger partial charge on any atom is -0.349 e. The Kier molecular flexibility index (Phi) is 6.93. The summed E-state index contributed by atoms with van der Waals surface area (Å²) in [7, 11) is 0. The Morgan fingerprint density at radius 3 is 2.40 bits per heavy atom. The highest BCUT2D eigenvalue weighted by atomic mass is 79.9. The van der Waals surface area contributed by atoms with Crippen LogP contribution in [-0.4, -0.2) is 52.8 Å². The third-order valence-corrected chi connectivity index (χ3v) is 7.94. The molecule has 8 heteroatoms. The molecule has 1 aliphatic carbocycles. The Morgan fingerprint density at radius 1 is 1.06 bits per heavy atom. The van der Waals surface area contributed by atoms with E-state index in [-0.39, 0.29) is 36.3 Å². The van der Waals surface area contributed by atoms with E-state index < -0.39 is 5.54 Å². The number of carbonyl (C=O) groups is 3. The first-order valence-corrected chi connectivity index (χ1v) is 13.2. The molecule has 0 unspecified atom stereocenters. The van der Waals surface area contributed by atoms with Gasteiger partial charge >= 0.3 is 6.03 Å². The summed E-state index contributed by atoms with van der Waals surface area (Å²) in [4.78, 5) is 42.1. The number of nitrogens with zero attached hydrogens (tertiary/aromatic N) is 2. The fourth-order valence-corrected chi connectivity index (χ4v) is 5.31. The van der Waals surface area contributed by atoms with Crippen LogP contribution in [0.5, 0.6) is 0 Å². The van der Waals surface area contributed by atoms with Crippen LogP contribution in [0.15, 0.2) is 59.1 Å². The van der Waals surface area contributed by atoms with Crippen LogP contribution in [0.4, 0.5) is 4.79 Å². The highest BCUT2D eigenvalue weighted by Gasteiger charge is 2.52. The van der Waals surface area contributed by atoms with Crippen LogP contribution >= 0.6 is 15.9 Å². The average Bonchev–Trinajstić information content (AvgIpc) is 3.70. The molecule has 5 rings (SSSR count). The Morgan fingerprint density at radius 2 is 1.74 bits per heavy atom. The molecule has 0 aromatic heterocycles. The molecule has 2 N–H and O–H groups in total. The van der Waals surface area contributed by atoms with Gasteiger partial charge in [-0.25, -0.2) is 4.79 Å². The van der Waals surface area contributed by atoms with Gasteiger partial charge in [-0.15, -0.1) is 0 Å². The summed E-state index contributed by atoms with van der Waals surface area (Å²) in [6, 6.07) is 17.5. The first-order valence-electron chi connectivity index (χ1n) is 12.4. The highest BCUT2D eigenvalue weighted by molar-refractivity contribution is 9.10. The summed E-state index contributed by atoms with van der Waals surface area (Å²) < 4.78 is 0.962. The number of likely N-dealkylation sites (tertiary alicyclic amines) is 1. The molecule has 1 spiro atoms. The maximum Gasteiger partial charge on any atom is 0.325 e. The van der Waals surface area contributed by atoms with Gasteiger partial charge in [0.2, 0.25) is 5.91 Å². The quantitative estimate of drug-likeness (QED) is 0.498. The molecule has 2 aromatic rings. The van der Waals surface area contributed by atoms with Gasteiger partial charge in [-0.05, 0) is 55.4 Å². The first-order chi connectivity index (χ1) is 16.9. The zero-order valence-corrected chi connectivity index (χ0v) is 21.3. The number of nitrogens with one attached hydrogen (secondary N) is 2. The lowest BCUT2D eigenvalue weighted by atomic mass is 9.87. The third-order valence-electron chi connectivity index (χ3n) is 7.41. The lowest BCUT2D eigenvalue weighted by molar-refractivity contribution is -0.133. The van der Waals surface area contributed by atoms with E-state index in [4.69, 9.17) is 0 Å². The topological polar surface area (TPSA) is 81.8 Å². The van der Waals surface area contributed by atoms with E-state index in [2.05, 4.69) is 43.6 Å². The SMILES string of the molecule is O=C(N[C@@H](CCN1CCC2(CC1)NC(=O)N(Cc1ccc(Br)cc1)C2=O)c1ccccc1)C1CC1. The van der Waals surface area contributed by atoms with Crippen molar-refractivity contribution in [3.05, 3.63) is 70.2 Å². The summed E-state index contributed by atoms with van der Waals surface area (Å²) in [5.74, 6) is 0.207. The lowest BCUT2D eigenvalue weighted by Gasteiger charge is -2.37.